The van der Waals surface area contributed by atoms with E-state index in [9.17, 15) is 0 Å². The summed E-state index contributed by atoms with van der Waals surface area (Å²) in [4.78, 5) is 2.52. The highest BCUT2D eigenvalue weighted by Gasteiger charge is 2.16. The summed E-state index contributed by atoms with van der Waals surface area (Å²) in [5, 5.41) is 0. The Bertz CT molecular complexity index is 550. The van der Waals surface area contributed by atoms with E-state index >= 15 is 0 Å². The lowest BCUT2D eigenvalue weighted by Gasteiger charge is -2.29. The molecule has 2 aromatic carbocycles. The second-order valence-corrected chi connectivity index (χ2v) is 5.68. The third kappa shape index (κ3) is 2.50. The van der Waals surface area contributed by atoms with Gasteiger partial charge in [0.1, 0.15) is 0 Å². The predicted molar refractivity (Wildman–Crippen MR) is 78.4 cm³/mol. The molecule has 0 fully saturated rings. The van der Waals surface area contributed by atoms with Crippen LogP contribution >= 0.6 is 15.9 Å². The average Bonchev–Trinajstić information content (AvgIpc) is 2.41. The minimum Gasteiger partial charge on any atom is -0.294 e. The third-order valence-electron chi connectivity index (χ3n) is 3.56. The van der Waals surface area contributed by atoms with Crippen molar-refractivity contribution in [2.24, 2.45) is 0 Å². The summed E-state index contributed by atoms with van der Waals surface area (Å²) in [6.07, 6.45) is 1.17. The first kappa shape index (κ1) is 11.9. The number of fused-ring (bicyclic) bond motifs is 1. The fourth-order valence-corrected chi connectivity index (χ4v) is 2.97. The Morgan fingerprint density at radius 2 is 1.67 bits per heavy atom. The highest BCUT2D eigenvalue weighted by molar-refractivity contribution is 9.10. The van der Waals surface area contributed by atoms with Gasteiger partial charge in [-0.2, -0.15) is 0 Å². The van der Waals surface area contributed by atoms with Crippen LogP contribution in [0.2, 0.25) is 0 Å². The molecule has 0 unspecified atom stereocenters. The molecule has 0 spiro atoms. The molecule has 0 radical (unpaired) electrons. The SMILES string of the molecule is Brc1ccccc1CN1CCc2ccccc2C1. The standard InChI is InChI=1S/C16H16BrN/c17-16-8-4-3-7-15(16)12-18-10-9-13-5-1-2-6-14(13)11-18/h1-8H,9-12H2. The molecule has 0 bridgehead atoms. The molecule has 1 aliphatic rings. The first-order valence-electron chi connectivity index (χ1n) is 6.35. The van der Waals surface area contributed by atoms with Crippen LogP contribution in [-0.2, 0) is 19.5 Å². The van der Waals surface area contributed by atoms with Crippen LogP contribution in [0.1, 0.15) is 16.7 Å². The molecule has 0 saturated heterocycles. The Kier molecular flexibility index (Phi) is 3.48. The van der Waals surface area contributed by atoms with Gasteiger partial charge in [0.2, 0.25) is 0 Å². The summed E-state index contributed by atoms with van der Waals surface area (Å²) >= 11 is 3.63. The van der Waals surface area contributed by atoms with E-state index < -0.39 is 0 Å². The van der Waals surface area contributed by atoms with Crippen LogP contribution in [0.5, 0.6) is 0 Å². The number of halogens is 1. The molecule has 1 nitrogen and oxygen atoms in total. The quantitative estimate of drug-likeness (QED) is 0.810. The van der Waals surface area contributed by atoms with Crippen LogP contribution in [0.4, 0.5) is 0 Å². The van der Waals surface area contributed by atoms with E-state index in [2.05, 4.69) is 69.4 Å². The zero-order valence-corrected chi connectivity index (χ0v) is 11.9. The van der Waals surface area contributed by atoms with Gasteiger partial charge in [0.25, 0.3) is 0 Å². The number of hydrogen-bond donors (Lipinski definition) is 0. The van der Waals surface area contributed by atoms with Gasteiger partial charge in [-0.1, -0.05) is 58.4 Å². The van der Waals surface area contributed by atoms with Gasteiger partial charge in [-0.05, 0) is 29.2 Å². The van der Waals surface area contributed by atoms with Crippen LogP contribution in [0, 0.1) is 0 Å². The molecule has 18 heavy (non-hydrogen) atoms. The topological polar surface area (TPSA) is 3.24 Å². The van der Waals surface area contributed by atoms with Crippen molar-refractivity contribution in [3.8, 4) is 0 Å². The number of nitrogens with zero attached hydrogens (tertiary/aromatic N) is 1. The minimum atomic E-state index is 1.02. The van der Waals surface area contributed by atoms with Crippen LogP contribution in [0.3, 0.4) is 0 Å². The Labute approximate surface area is 117 Å². The highest BCUT2D eigenvalue weighted by atomic mass is 79.9. The number of benzene rings is 2. The molecule has 1 heterocycles. The molecular weight excluding hydrogens is 286 g/mol. The van der Waals surface area contributed by atoms with Crippen molar-refractivity contribution < 1.29 is 0 Å². The van der Waals surface area contributed by atoms with E-state index in [4.69, 9.17) is 0 Å². The predicted octanol–water partition coefficient (Wildman–Crippen LogP) is 4.01. The van der Waals surface area contributed by atoms with Gasteiger partial charge in [-0.3, -0.25) is 4.90 Å². The second kappa shape index (κ2) is 5.25. The van der Waals surface area contributed by atoms with Crippen LogP contribution in [0.25, 0.3) is 0 Å². The Morgan fingerprint density at radius 3 is 2.50 bits per heavy atom. The fourth-order valence-electron chi connectivity index (χ4n) is 2.56. The molecule has 92 valence electrons. The van der Waals surface area contributed by atoms with Gasteiger partial charge in [0, 0.05) is 24.1 Å². The van der Waals surface area contributed by atoms with E-state index in [-0.39, 0.29) is 0 Å². The van der Waals surface area contributed by atoms with Gasteiger partial charge in [-0.15, -0.1) is 0 Å². The summed E-state index contributed by atoms with van der Waals surface area (Å²) in [5.41, 5.74) is 4.37. The van der Waals surface area contributed by atoms with Crippen molar-refractivity contribution >= 4 is 15.9 Å². The van der Waals surface area contributed by atoms with Crippen LogP contribution in [0.15, 0.2) is 53.0 Å². The number of rotatable bonds is 2. The monoisotopic (exact) mass is 301 g/mol. The van der Waals surface area contributed by atoms with E-state index in [0.717, 1.165) is 19.6 Å². The van der Waals surface area contributed by atoms with Gasteiger partial charge in [-0.25, -0.2) is 0 Å². The Balaban J connectivity index is 1.75. The molecule has 0 saturated carbocycles. The lowest BCUT2D eigenvalue weighted by Crippen LogP contribution is -2.30. The van der Waals surface area contributed by atoms with E-state index in [1.807, 2.05) is 0 Å². The average molecular weight is 302 g/mol. The van der Waals surface area contributed by atoms with Crippen molar-refractivity contribution in [2.45, 2.75) is 19.5 Å². The van der Waals surface area contributed by atoms with E-state index in [1.165, 1.54) is 27.6 Å². The molecular formula is C16H16BrN. The first-order chi connectivity index (χ1) is 8.83. The molecule has 3 rings (SSSR count). The summed E-state index contributed by atoms with van der Waals surface area (Å²) in [6, 6.07) is 17.3. The lowest BCUT2D eigenvalue weighted by atomic mass is 9.99. The van der Waals surface area contributed by atoms with Crippen LogP contribution < -0.4 is 0 Å². The maximum Gasteiger partial charge on any atom is 0.0248 e. The third-order valence-corrected chi connectivity index (χ3v) is 4.34. The van der Waals surface area contributed by atoms with E-state index in [1.54, 1.807) is 0 Å². The maximum atomic E-state index is 3.63. The first-order valence-corrected chi connectivity index (χ1v) is 7.15. The number of hydrogen-bond acceptors (Lipinski definition) is 1. The fraction of sp³-hybridized carbons (Fsp3) is 0.250. The van der Waals surface area contributed by atoms with Gasteiger partial charge >= 0.3 is 0 Å². The largest absolute Gasteiger partial charge is 0.294 e. The smallest absolute Gasteiger partial charge is 0.0248 e. The zero-order chi connectivity index (χ0) is 12.4. The normalized spacial score (nSPS) is 15.4. The van der Waals surface area contributed by atoms with Crippen LogP contribution in [-0.4, -0.2) is 11.4 Å². The van der Waals surface area contributed by atoms with Crippen molar-refractivity contribution in [1.29, 1.82) is 0 Å². The summed E-state index contributed by atoms with van der Waals surface area (Å²) in [5.74, 6) is 0. The molecule has 0 amide bonds. The van der Waals surface area contributed by atoms with Crippen molar-refractivity contribution in [3.05, 3.63) is 69.7 Å². The molecule has 2 heteroatoms. The molecule has 1 aliphatic heterocycles. The summed E-state index contributed by atoms with van der Waals surface area (Å²) < 4.78 is 1.21. The molecule has 0 aliphatic carbocycles. The molecule has 0 atom stereocenters. The van der Waals surface area contributed by atoms with Crippen molar-refractivity contribution in [1.82, 2.24) is 4.90 Å². The van der Waals surface area contributed by atoms with Gasteiger partial charge < -0.3 is 0 Å². The minimum absolute atomic E-state index is 1.02. The lowest BCUT2D eigenvalue weighted by molar-refractivity contribution is 0.245. The maximum absolute atomic E-state index is 3.63. The zero-order valence-electron chi connectivity index (χ0n) is 10.3. The molecule has 0 N–H and O–H groups in total. The second-order valence-electron chi connectivity index (χ2n) is 4.82. The van der Waals surface area contributed by atoms with E-state index in [0.29, 0.717) is 0 Å². The van der Waals surface area contributed by atoms with Crippen molar-refractivity contribution in [3.63, 3.8) is 0 Å². The summed E-state index contributed by atoms with van der Waals surface area (Å²) in [6.45, 7) is 3.24. The Hall–Kier alpha value is -1.12. The van der Waals surface area contributed by atoms with Gasteiger partial charge in [0.05, 0.1) is 0 Å². The summed E-state index contributed by atoms with van der Waals surface area (Å²) in [7, 11) is 0. The Morgan fingerprint density at radius 1 is 0.944 bits per heavy atom. The molecule has 2 aromatic rings. The van der Waals surface area contributed by atoms with Crippen molar-refractivity contribution in [2.75, 3.05) is 6.54 Å². The highest BCUT2D eigenvalue weighted by Crippen LogP contribution is 2.23. The van der Waals surface area contributed by atoms with Gasteiger partial charge in [0.15, 0.2) is 0 Å². The molecule has 0 aromatic heterocycles.